The molecule has 1 fully saturated rings. The Hall–Kier alpha value is -1.39. The highest BCUT2D eigenvalue weighted by Gasteiger charge is 2.40. The normalized spacial score (nSPS) is 23.7. The van der Waals surface area contributed by atoms with Crippen LogP contribution in [0.5, 0.6) is 0 Å². The van der Waals surface area contributed by atoms with Gasteiger partial charge in [0.25, 0.3) is 0 Å². The summed E-state index contributed by atoms with van der Waals surface area (Å²) in [5.41, 5.74) is 0.233. The highest BCUT2D eigenvalue weighted by molar-refractivity contribution is 5.72. The summed E-state index contributed by atoms with van der Waals surface area (Å²) < 4.78 is 10.6. The molecule has 1 N–H and O–H groups in total. The van der Waals surface area contributed by atoms with E-state index in [2.05, 4.69) is 0 Å². The molecule has 1 heterocycles. The molecule has 1 atom stereocenters. The second-order valence-electron chi connectivity index (χ2n) is 4.29. The summed E-state index contributed by atoms with van der Waals surface area (Å²) in [7, 11) is 0. The molecule has 0 aliphatic carbocycles. The van der Waals surface area contributed by atoms with Gasteiger partial charge in [-0.25, -0.2) is 0 Å². The zero-order chi connectivity index (χ0) is 12.1. The number of aliphatic hydroxyl groups excluding tert-OH is 1. The maximum atomic E-state index is 11.1. The number of aliphatic hydroxyl groups is 1. The zero-order valence-corrected chi connectivity index (χ0v) is 9.59. The van der Waals surface area contributed by atoms with Crippen LogP contribution in [0.4, 0.5) is 0 Å². The van der Waals surface area contributed by atoms with Crippen molar-refractivity contribution in [3.63, 3.8) is 0 Å². The number of hydrogen-bond acceptors (Lipinski definition) is 4. The van der Waals surface area contributed by atoms with Crippen molar-refractivity contribution in [2.45, 2.75) is 25.0 Å². The summed E-state index contributed by atoms with van der Waals surface area (Å²) in [6.07, 6.45) is 0.881. The molecular weight excluding hydrogens is 220 g/mol. The van der Waals surface area contributed by atoms with Crippen molar-refractivity contribution < 1.29 is 19.4 Å². The van der Waals surface area contributed by atoms with Gasteiger partial charge in [0.05, 0.1) is 19.8 Å². The van der Waals surface area contributed by atoms with Gasteiger partial charge in [-0.05, 0) is 5.56 Å². The van der Waals surface area contributed by atoms with Gasteiger partial charge in [0.15, 0.2) is 5.60 Å². The summed E-state index contributed by atoms with van der Waals surface area (Å²) in [6, 6.07) is 9.75. The molecule has 1 aromatic rings. The van der Waals surface area contributed by atoms with E-state index in [0.717, 1.165) is 5.56 Å². The zero-order valence-electron chi connectivity index (χ0n) is 9.59. The third-order valence-electron chi connectivity index (χ3n) is 2.88. The van der Waals surface area contributed by atoms with Crippen LogP contribution in [0.3, 0.4) is 0 Å². The average molecular weight is 236 g/mol. The van der Waals surface area contributed by atoms with E-state index in [-0.39, 0.29) is 19.2 Å². The van der Waals surface area contributed by atoms with Crippen molar-refractivity contribution in [2.75, 3.05) is 13.2 Å². The van der Waals surface area contributed by atoms with Gasteiger partial charge >= 0.3 is 5.97 Å². The number of carbonyl (C=O) groups is 1. The fourth-order valence-electron chi connectivity index (χ4n) is 1.86. The van der Waals surface area contributed by atoms with Gasteiger partial charge in [-0.1, -0.05) is 30.3 Å². The van der Waals surface area contributed by atoms with Gasteiger partial charge < -0.3 is 14.6 Å². The van der Waals surface area contributed by atoms with Crippen LogP contribution in [0, 0.1) is 0 Å². The van der Waals surface area contributed by atoms with Crippen LogP contribution in [0.1, 0.15) is 18.4 Å². The Balaban J connectivity index is 1.83. The van der Waals surface area contributed by atoms with Crippen LogP contribution < -0.4 is 0 Å². The van der Waals surface area contributed by atoms with Crippen molar-refractivity contribution in [3.05, 3.63) is 35.9 Å². The van der Waals surface area contributed by atoms with Crippen molar-refractivity contribution in [2.24, 2.45) is 0 Å². The summed E-state index contributed by atoms with van der Waals surface area (Å²) in [5.74, 6) is -0.262. The van der Waals surface area contributed by atoms with Crippen molar-refractivity contribution in [3.8, 4) is 0 Å². The smallest absolute Gasteiger partial charge is 0.306 e. The van der Waals surface area contributed by atoms with Crippen LogP contribution in [-0.4, -0.2) is 29.9 Å². The molecule has 0 bridgehead atoms. The monoisotopic (exact) mass is 236 g/mol. The fourth-order valence-corrected chi connectivity index (χ4v) is 1.86. The van der Waals surface area contributed by atoms with E-state index in [1.54, 1.807) is 0 Å². The molecule has 1 aliphatic rings. The predicted octanol–water partition coefficient (Wildman–Crippen LogP) is 1.27. The van der Waals surface area contributed by atoms with Crippen molar-refractivity contribution in [1.82, 2.24) is 0 Å². The minimum absolute atomic E-state index is 0.187. The number of carbonyl (C=O) groups excluding carboxylic acids is 1. The predicted molar refractivity (Wildman–Crippen MR) is 61.2 cm³/mol. The highest BCUT2D eigenvalue weighted by Crippen LogP contribution is 2.26. The van der Waals surface area contributed by atoms with Crippen LogP contribution in [0.25, 0.3) is 0 Å². The minimum atomic E-state index is -0.828. The maximum Gasteiger partial charge on any atom is 0.306 e. The number of rotatable bonds is 5. The molecule has 4 nitrogen and oxygen atoms in total. The largest absolute Gasteiger partial charge is 0.454 e. The average Bonchev–Trinajstić information content (AvgIpc) is 2.73. The molecule has 0 aromatic heterocycles. The molecule has 1 aromatic carbocycles. The Morgan fingerprint density at radius 3 is 2.71 bits per heavy atom. The third-order valence-corrected chi connectivity index (χ3v) is 2.88. The number of esters is 1. The lowest BCUT2D eigenvalue weighted by molar-refractivity contribution is -0.158. The first-order chi connectivity index (χ1) is 8.24. The van der Waals surface area contributed by atoms with Crippen molar-refractivity contribution >= 4 is 5.97 Å². The van der Waals surface area contributed by atoms with E-state index in [0.29, 0.717) is 19.4 Å². The topological polar surface area (TPSA) is 55.8 Å². The molecule has 17 heavy (non-hydrogen) atoms. The quantitative estimate of drug-likeness (QED) is 0.782. The van der Waals surface area contributed by atoms with E-state index < -0.39 is 5.60 Å². The highest BCUT2D eigenvalue weighted by atomic mass is 16.6. The summed E-state index contributed by atoms with van der Waals surface area (Å²) in [4.78, 5) is 11.1. The number of hydrogen-bond donors (Lipinski definition) is 1. The molecule has 0 radical (unpaired) electrons. The van der Waals surface area contributed by atoms with E-state index in [9.17, 15) is 9.90 Å². The molecule has 92 valence electrons. The molecule has 0 unspecified atom stereocenters. The van der Waals surface area contributed by atoms with Crippen molar-refractivity contribution in [1.29, 1.82) is 0 Å². The Labute approximate surface area is 100 Å². The molecule has 0 spiro atoms. The standard InChI is InChI=1S/C13H16O4/c14-9-13(7-6-12(15)17-13)10-16-8-11-4-2-1-3-5-11/h1-5,14H,6-10H2/t13-/m1/s1. The van der Waals surface area contributed by atoms with Crippen LogP contribution in [-0.2, 0) is 20.9 Å². The molecule has 0 amide bonds. The lowest BCUT2D eigenvalue weighted by Crippen LogP contribution is -2.38. The van der Waals surface area contributed by atoms with E-state index in [1.165, 1.54) is 0 Å². The Morgan fingerprint density at radius 2 is 2.12 bits per heavy atom. The minimum Gasteiger partial charge on any atom is -0.454 e. The van der Waals surface area contributed by atoms with Gasteiger partial charge in [-0.15, -0.1) is 0 Å². The number of ether oxygens (including phenoxy) is 2. The van der Waals surface area contributed by atoms with Gasteiger partial charge in [-0.2, -0.15) is 0 Å². The van der Waals surface area contributed by atoms with Crippen LogP contribution >= 0.6 is 0 Å². The Kier molecular flexibility index (Phi) is 3.76. The molecule has 4 heteroatoms. The lowest BCUT2D eigenvalue weighted by atomic mass is 10.0. The summed E-state index contributed by atoms with van der Waals surface area (Å²) >= 11 is 0. The first kappa shape index (κ1) is 12.1. The van der Waals surface area contributed by atoms with Gasteiger partial charge in [0.1, 0.15) is 0 Å². The Bertz CT molecular complexity index is 376. The SMILES string of the molecule is O=C1CC[C@@](CO)(COCc2ccccc2)O1. The van der Waals surface area contributed by atoms with Gasteiger partial charge in [-0.3, -0.25) is 4.79 Å². The second-order valence-corrected chi connectivity index (χ2v) is 4.29. The van der Waals surface area contributed by atoms with Gasteiger partial charge in [0.2, 0.25) is 0 Å². The number of cyclic esters (lactones) is 1. The third kappa shape index (κ3) is 3.05. The molecule has 1 saturated heterocycles. The second kappa shape index (κ2) is 5.29. The fraction of sp³-hybridized carbons (Fsp3) is 0.462. The van der Waals surface area contributed by atoms with Crippen LogP contribution in [0.15, 0.2) is 30.3 Å². The lowest BCUT2D eigenvalue weighted by Gasteiger charge is -2.24. The molecular formula is C13H16O4. The Morgan fingerprint density at radius 1 is 1.35 bits per heavy atom. The van der Waals surface area contributed by atoms with E-state index in [4.69, 9.17) is 9.47 Å². The maximum absolute atomic E-state index is 11.1. The summed E-state index contributed by atoms with van der Waals surface area (Å²) in [6.45, 7) is 0.512. The molecule has 2 rings (SSSR count). The van der Waals surface area contributed by atoms with E-state index in [1.807, 2.05) is 30.3 Å². The first-order valence-corrected chi connectivity index (χ1v) is 5.68. The van der Waals surface area contributed by atoms with Gasteiger partial charge in [0, 0.05) is 12.8 Å². The number of benzene rings is 1. The van der Waals surface area contributed by atoms with E-state index >= 15 is 0 Å². The first-order valence-electron chi connectivity index (χ1n) is 5.68. The molecule has 1 aliphatic heterocycles. The van der Waals surface area contributed by atoms with Crippen LogP contribution in [0.2, 0.25) is 0 Å². The molecule has 0 saturated carbocycles. The summed E-state index contributed by atoms with van der Waals surface area (Å²) in [5, 5.41) is 9.27.